The second kappa shape index (κ2) is 4.81. The SMILES string of the molecule is COCCCn1c(C)cc(O)cc1=O. The fourth-order valence-electron chi connectivity index (χ4n) is 1.37. The quantitative estimate of drug-likeness (QED) is 0.729. The van der Waals surface area contributed by atoms with Crippen molar-refractivity contribution >= 4 is 0 Å². The minimum absolute atomic E-state index is 0.0236. The number of pyridine rings is 1. The summed E-state index contributed by atoms with van der Waals surface area (Å²) >= 11 is 0. The predicted molar refractivity (Wildman–Crippen MR) is 53.6 cm³/mol. The highest BCUT2D eigenvalue weighted by Crippen LogP contribution is 2.07. The lowest BCUT2D eigenvalue weighted by Crippen LogP contribution is -2.21. The van der Waals surface area contributed by atoms with E-state index in [1.807, 2.05) is 0 Å². The molecule has 4 heteroatoms. The number of hydrogen-bond donors (Lipinski definition) is 1. The van der Waals surface area contributed by atoms with Crippen LogP contribution >= 0.6 is 0 Å². The van der Waals surface area contributed by atoms with Gasteiger partial charge in [-0.1, -0.05) is 0 Å². The Morgan fingerprint density at radius 2 is 2.21 bits per heavy atom. The first-order chi connectivity index (χ1) is 6.65. The van der Waals surface area contributed by atoms with Gasteiger partial charge in [0.2, 0.25) is 0 Å². The second-order valence-electron chi connectivity index (χ2n) is 3.19. The first-order valence-electron chi connectivity index (χ1n) is 4.54. The molecule has 0 aliphatic heterocycles. The number of aromatic hydroxyl groups is 1. The van der Waals surface area contributed by atoms with Crippen LogP contribution in [0.15, 0.2) is 16.9 Å². The van der Waals surface area contributed by atoms with E-state index < -0.39 is 0 Å². The van der Waals surface area contributed by atoms with Crippen LogP contribution in [0.25, 0.3) is 0 Å². The maximum atomic E-state index is 11.4. The minimum atomic E-state index is -0.168. The standard InChI is InChI=1S/C10H15NO3/c1-8-6-9(12)7-10(13)11(8)4-3-5-14-2/h6-7,12H,3-5H2,1-2H3. The number of rotatable bonds is 4. The molecule has 0 saturated heterocycles. The molecule has 4 nitrogen and oxygen atoms in total. The monoisotopic (exact) mass is 197 g/mol. The average molecular weight is 197 g/mol. The van der Waals surface area contributed by atoms with E-state index in [0.717, 1.165) is 12.1 Å². The van der Waals surface area contributed by atoms with E-state index in [0.29, 0.717) is 13.2 Å². The van der Waals surface area contributed by atoms with E-state index in [4.69, 9.17) is 9.84 Å². The predicted octanol–water partition coefficient (Wildman–Crippen LogP) is 0.899. The summed E-state index contributed by atoms with van der Waals surface area (Å²) in [6.07, 6.45) is 0.794. The normalized spacial score (nSPS) is 10.4. The molecule has 0 unspecified atom stereocenters. The van der Waals surface area contributed by atoms with E-state index in [1.54, 1.807) is 24.7 Å². The molecule has 0 bridgehead atoms. The van der Waals surface area contributed by atoms with Gasteiger partial charge in [-0.05, 0) is 19.4 Å². The van der Waals surface area contributed by atoms with E-state index in [9.17, 15) is 4.79 Å². The fraction of sp³-hybridized carbons (Fsp3) is 0.500. The van der Waals surface area contributed by atoms with Crippen molar-refractivity contribution in [3.63, 3.8) is 0 Å². The van der Waals surface area contributed by atoms with Crippen LogP contribution in [0.1, 0.15) is 12.1 Å². The number of methoxy groups -OCH3 is 1. The third-order valence-corrected chi connectivity index (χ3v) is 2.05. The lowest BCUT2D eigenvalue weighted by Gasteiger charge is -2.09. The van der Waals surface area contributed by atoms with Crippen molar-refractivity contribution in [1.82, 2.24) is 4.57 Å². The molecule has 1 aromatic rings. The van der Waals surface area contributed by atoms with E-state index in [2.05, 4.69) is 0 Å². The van der Waals surface area contributed by atoms with Gasteiger partial charge in [0.05, 0.1) is 0 Å². The molecular weight excluding hydrogens is 182 g/mol. The second-order valence-corrected chi connectivity index (χ2v) is 3.19. The van der Waals surface area contributed by atoms with Crippen LogP contribution < -0.4 is 5.56 Å². The molecule has 0 radical (unpaired) electrons. The Morgan fingerprint density at radius 3 is 2.79 bits per heavy atom. The highest BCUT2D eigenvalue weighted by Gasteiger charge is 2.01. The van der Waals surface area contributed by atoms with Crippen LogP contribution in [0, 0.1) is 6.92 Å². The molecule has 0 atom stereocenters. The Bertz CT molecular complexity index is 357. The lowest BCUT2D eigenvalue weighted by molar-refractivity contribution is 0.189. The van der Waals surface area contributed by atoms with Gasteiger partial charge in [-0.2, -0.15) is 0 Å². The summed E-state index contributed by atoms with van der Waals surface area (Å²) in [5.41, 5.74) is 0.602. The van der Waals surface area contributed by atoms with Crippen LogP contribution in [-0.4, -0.2) is 23.4 Å². The molecule has 0 aliphatic carbocycles. The molecule has 1 rings (SSSR count). The van der Waals surface area contributed by atoms with Gasteiger partial charge in [0, 0.05) is 32.0 Å². The number of nitrogens with zero attached hydrogens (tertiary/aromatic N) is 1. The van der Waals surface area contributed by atoms with E-state index in [-0.39, 0.29) is 11.3 Å². The largest absolute Gasteiger partial charge is 0.508 e. The molecule has 0 saturated carbocycles. The molecule has 0 spiro atoms. The van der Waals surface area contributed by atoms with Gasteiger partial charge in [0.25, 0.3) is 5.56 Å². The van der Waals surface area contributed by atoms with Crippen LogP contribution in [-0.2, 0) is 11.3 Å². The minimum Gasteiger partial charge on any atom is -0.508 e. The molecule has 0 amide bonds. The van der Waals surface area contributed by atoms with Gasteiger partial charge in [-0.15, -0.1) is 0 Å². The molecule has 1 aromatic heterocycles. The fourth-order valence-corrected chi connectivity index (χ4v) is 1.37. The van der Waals surface area contributed by atoms with Gasteiger partial charge in [-0.25, -0.2) is 0 Å². The zero-order valence-corrected chi connectivity index (χ0v) is 8.49. The molecule has 78 valence electrons. The van der Waals surface area contributed by atoms with Crippen molar-refractivity contribution in [2.24, 2.45) is 0 Å². The van der Waals surface area contributed by atoms with Crippen molar-refractivity contribution in [1.29, 1.82) is 0 Å². The van der Waals surface area contributed by atoms with Gasteiger partial charge in [0.1, 0.15) is 5.75 Å². The molecule has 14 heavy (non-hydrogen) atoms. The molecule has 0 aromatic carbocycles. The first-order valence-corrected chi connectivity index (χ1v) is 4.54. The molecule has 1 heterocycles. The van der Waals surface area contributed by atoms with Crippen LogP contribution in [0.4, 0.5) is 0 Å². The Morgan fingerprint density at radius 1 is 1.50 bits per heavy atom. The number of hydrogen-bond acceptors (Lipinski definition) is 3. The summed E-state index contributed by atoms with van der Waals surface area (Å²) in [4.78, 5) is 11.4. The third-order valence-electron chi connectivity index (χ3n) is 2.05. The number of aryl methyl sites for hydroxylation is 1. The van der Waals surface area contributed by atoms with Crippen molar-refractivity contribution in [3.8, 4) is 5.75 Å². The number of aromatic nitrogens is 1. The third kappa shape index (κ3) is 2.60. The molecule has 0 aliphatic rings. The van der Waals surface area contributed by atoms with Gasteiger partial charge >= 0.3 is 0 Å². The summed E-state index contributed by atoms with van der Waals surface area (Å²) in [6, 6.07) is 2.80. The maximum Gasteiger partial charge on any atom is 0.254 e. The Kier molecular flexibility index (Phi) is 3.71. The van der Waals surface area contributed by atoms with Gasteiger partial charge < -0.3 is 14.4 Å². The van der Waals surface area contributed by atoms with E-state index in [1.165, 1.54) is 6.07 Å². The highest BCUT2D eigenvalue weighted by atomic mass is 16.5. The Balaban J connectivity index is 2.81. The van der Waals surface area contributed by atoms with Crippen LogP contribution in [0.3, 0.4) is 0 Å². The van der Waals surface area contributed by atoms with E-state index >= 15 is 0 Å². The molecular formula is C10H15NO3. The Hall–Kier alpha value is -1.29. The summed E-state index contributed by atoms with van der Waals surface area (Å²) in [5, 5.41) is 9.15. The smallest absolute Gasteiger partial charge is 0.254 e. The topological polar surface area (TPSA) is 51.5 Å². The zero-order valence-electron chi connectivity index (χ0n) is 8.49. The van der Waals surface area contributed by atoms with Crippen LogP contribution in [0.2, 0.25) is 0 Å². The average Bonchev–Trinajstić information content (AvgIpc) is 2.09. The van der Waals surface area contributed by atoms with Crippen LogP contribution in [0.5, 0.6) is 5.75 Å². The summed E-state index contributed by atoms with van der Waals surface area (Å²) in [7, 11) is 1.63. The molecule has 1 N–H and O–H groups in total. The maximum absolute atomic E-state index is 11.4. The summed E-state index contributed by atoms with van der Waals surface area (Å²) in [6.45, 7) is 3.06. The van der Waals surface area contributed by atoms with Crippen molar-refractivity contribution in [3.05, 3.63) is 28.2 Å². The van der Waals surface area contributed by atoms with Gasteiger partial charge in [-0.3, -0.25) is 4.79 Å². The van der Waals surface area contributed by atoms with Crippen molar-refractivity contribution < 1.29 is 9.84 Å². The summed E-state index contributed by atoms with van der Waals surface area (Å²) < 4.78 is 6.53. The van der Waals surface area contributed by atoms with Crippen molar-refractivity contribution in [2.45, 2.75) is 19.9 Å². The molecule has 0 fully saturated rings. The number of ether oxygens (including phenoxy) is 1. The lowest BCUT2D eigenvalue weighted by atomic mass is 10.3. The zero-order chi connectivity index (χ0) is 10.6. The van der Waals surface area contributed by atoms with Gasteiger partial charge in [0.15, 0.2) is 0 Å². The highest BCUT2D eigenvalue weighted by molar-refractivity contribution is 5.21. The first kappa shape index (κ1) is 10.8. The van der Waals surface area contributed by atoms with Crippen molar-refractivity contribution in [2.75, 3.05) is 13.7 Å². The summed E-state index contributed by atoms with van der Waals surface area (Å²) in [5.74, 6) is 0.0236. The Labute approximate surface area is 82.8 Å².